The van der Waals surface area contributed by atoms with Gasteiger partial charge in [0.2, 0.25) is 0 Å². The van der Waals surface area contributed by atoms with E-state index in [4.69, 9.17) is 11.5 Å². The van der Waals surface area contributed by atoms with E-state index in [1.54, 1.807) is 0 Å². The molecule has 0 radical (unpaired) electrons. The number of nitrogens with zero attached hydrogens (tertiary/aromatic N) is 1. The summed E-state index contributed by atoms with van der Waals surface area (Å²) in [7, 11) is 1.06. The Morgan fingerprint density at radius 1 is 1.53 bits per heavy atom. The Bertz CT molecular complexity index is 396. The van der Waals surface area contributed by atoms with Crippen molar-refractivity contribution in [1.82, 2.24) is 4.98 Å². The molecule has 0 aromatic carbocycles. The number of rotatable bonds is 2. The van der Waals surface area contributed by atoms with Gasteiger partial charge in [0.15, 0.2) is 5.69 Å². The number of ether oxygens (including phenoxy) is 1. The molecule has 1 aromatic heterocycles. The Morgan fingerprint density at radius 2 is 2.13 bits per heavy atom. The predicted octanol–water partition coefficient (Wildman–Crippen LogP) is 0.970. The summed E-state index contributed by atoms with van der Waals surface area (Å²) < 4.78 is 29.5. The monoisotopic (exact) mass is 217 g/mol. The quantitative estimate of drug-likeness (QED) is 0.720. The molecule has 0 amide bonds. The van der Waals surface area contributed by atoms with Crippen LogP contribution in [0.5, 0.6) is 0 Å². The minimum absolute atomic E-state index is 0.0991. The van der Waals surface area contributed by atoms with Crippen molar-refractivity contribution in [2.45, 2.75) is 6.43 Å². The van der Waals surface area contributed by atoms with Crippen molar-refractivity contribution in [3.63, 3.8) is 0 Å². The summed E-state index contributed by atoms with van der Waals surface area (Å²) in [4.78, 5) is 14.6. The van der Waals surface area contributed by atoms with Crippen LogP contribution in [-0.2, 0) is 4.74 Å². The van der Waals surface area contributed by atoms with Crippen molar-refractivity contribution in [2.75, 3.05) is 18.6 Å². The molecule has 1 aromatic rings. The van der Waals surface area contributed by atoms with E-state index >= 15 is 0 Å². The van der Waals surface area contributed by atoms with Gasteiger partial charge in [0.05, 0.1) is 30.2 Å². The van der Waals surface area contributed by atoms with E-state index in [0.717, 1.165) is 13.3 Å². The molecule has 1 heterocycles. The molecule has 5 nitrogen and oxygen atoms in total. The number of carbonyl (C=O) groups is 1. The Balaban J connectivity index is 3.40. The van der Waals surface area contributed by atoms with Crippen molar-refractivity contribution in [1.29, 1.82) is 0 Å². The molecule has 0 saturated carbocycles. The highest BCUT2D eigenvalue weighted by molar-refractivity contribution is 5.92. The topological polar surface area (TPSA) is 91.2 Å². The van der Waals surface area contributed by atoms with E-state index in [-0.39, 0.29) is 11.4 Å². The third kappa shape index (κ3) is 1.95. The first kappa shape index (κ1) is 11.2. The fourth-order valence-electron chi connectivity index (χ4n) is 1.04. The molecule has 4 N–H and O–H groups in total. The van der Waals surface area contributed by atoms with Gasteiger partial charge in [-0.05, 0) is 0 Å². The fourth-order valence-corrected chi connectivity index (χ4v) is 1.04. The van der Waals surface area contributed by atoms with E-state index in [9.17, 15) is 13.6 Å². The lowest BCUT2D eigenvalue weighted by Gasteiger charge is -2.10. The van der Waals surface area contributed by atoms with Crippen LogP contribution in [0.1, 0.15) is 22.5 Å². The van der Waals surface area contributed by atoms with Gasteiger partial charge in [-0.1, -0.05) is 0 Å². The molecule has 1 rings (SSSR count). The maximum absolute atomic E-state index is 12.6. The first-order chi connectivity index (χ1) is 6.99. The van der Waals surface area contributed by atoms with Gasteiger partial charge >= 0.3 is 5.97 Å². The third-order valence-corrected chi connectivity index (χ3v) is 1.79. The molecule has 0 unspecified atom stereocenters. The van der Waals surface area contributed by atoms with Crippen LogP contribution >= 0.6 is 0 Å². The van der Waals surface area contributed by atoms with Crippen LogP contribution in [0.2, 0.25) is 0 Å². The first-order valence-corrected chi connectivity index (χ1v) is 3.89. The van der Waals surface area contributed by atoms with Crippen LogP contribution in [0, 0.1) is 0 Å². The molecule has 0 aliphatic heterocycles. The molecule has 0 aliphatic carbocycles. The third-order valence-electron chi connectivity index (χ3n) is 1.79. The number of hydrogen-bond donors (Lipinski definition) is 2. The fraction of sp³-hybridized carbons (Fsp3) is 0.250. The minimum atomic E-state index is -2.94. The molecular weight excluding hydrogens is 208 g/mol. The van der Waals surface area contributed by atoms with E-state index in [1.807, 2.05) is 0 Å². The zero-order valence-corrected chi connectivity index (χ0v) is 7.83. The lowest BCUT2D eigenvalue weighted by atomic mass is 10.1. The second-order valence-corrected chi connectivity index (χ2v) is 2.68. The minimum Gasteiger partial charge on any atom is -0.464 e. The van der Waals surface area contributed by atoms with Gasteiger partial charge in [-0.15, -0.1) is 0 Å². The number of nitrogens with two attached hydrogens (primary N) is 2. The predicted molar refractivity (Wildman–Crippen MR) is 49.4 cm³/mol. The number of alkyl halides is 2. The first-order valence-electron chi connectivity index (χ1n) is 3.89. The van der Waals surface area contributed by atoms with E-state index in [0.29, 0.717) is 0 Å². The zero-order valence-electron chi connectivity index (χ0n) is 7.83. The number of nitrogen functional groups attached to an aromatic ring is 2. The number of pyridine rings is 1. The Morgan fingerprint density at radius 3 is 2.60 bits per heavy atom. The van der Waals surface area contributed by atoms with Crippen molar-refractivity contribution in [3.8, 4) is 0 Å². The number of anilines is 2. The highest BCUT2D eigenvalue weighted by Gasteiger charge is 2.24. The molecule has 0 bridgehead atoms. The second-order valence-electron chi connectivity index (χ2n) is 2.68. The highest BCUT2D eigenvalue weighted by atomic mass is 19.3. The molecule has 82 valence electrons. The van der Waals surface area contributed by atoms with Crippen molar-refractivity contribution in [2.24, 2.45) is 0 Å². The summed E-state index contributed by atoms with van der Waals surface area (Å²) in [5, 5.41) is 0. The summed E-state index contributed by atoms with van der Waals surface area (Å²) in [5.74, 6) is -0.975. The normalized spacial score (nSPS) is 10.4. The van der Waals surface area contributed by atoms with Gasteiger partial charge in [0.25, 0.3) is 6.43 Å². The Kier molecular flexibility index (Phi) is 3.03. The average Bonchev–Trinajstić information content (AvgIpc) is 2.20. The molecule has 0 spiro atoms. The molecule has 0 saturated heterocycles. The molecule has 7 heteroatoms. The summed E-state index contributed by atoms with van der Waals surface area (Å²) in [6.45, 7) is 0. The van der Waals surface area contributed by atoms with Crippen molar-refractivity contribution >= 4 is 17.3 Å². The smallest absolute Gasteiger partial charge is 0.357 e. The molecular formula is C8H9F2N3O2. The van der Waals surface area contributed by atoms with Crippen LogP contribution in [0.25, 0.3) is 0 Å². The second kappa shape index (κ2) is 4.07. The molecule has 0 fully saturated rings. The summed E-state index contributed by atoms with van der Waals surface area (Å²) in [6.07, 6.45) is -1.90. The summed E-state index contributed by atoms with van der Waals surface area (Å²) in [5.41, 5.74) is 8.97. The SMILES string of the molecule is COC(=O)c1ncc(N)c(N)c1C(F)F. The summed E-state index contributed by atoms with van der Waals surface area (Å²) >= 11 is 0. The van der Waals surface area contributed by atoms with Crippen LogP contribution in [0.4, 0.5) is 20.2 Å². The lowest BCUT2D eigenvalue weighted by Crippen LogP contribution is -2.13. The van der Waals surface area contributed by atoms with Gasteiger partial charge in [0.1, 0.15) is 0 Å². The number of hydrogen-bond acceptors (Lipinski definition) is 5. The number of aromatic nitrogens is 1. The van der Waals surface area contributed by atoms with Gasteiger partial charge in [-0.2, -0.15) is 0 Å². The summed E-state index contributed by atoms with van der Waals surface area (Å²) in [6, 6.07) is 0. The van der Waals surface area contributed by atoms with Crippen molar-refractivity contribution in [3.05, 3.63) is 17.5 Å². The average molecular weight is 217 g/mol. The molecule has 0 aliphatic rings. The highest BCUT2D eigenvalue weighted by Crippen LogP contribution is 2.31. The number of halogens is 2. The largest absolute Gasteiger partial charge is 0.464 e. The van der Waals surface area contributed by atoms with E-state index in [1.165, 1.54) is 0 Å². The van der Waals surface area contributed by atoms with Crippen LogP contribution < -0.4 is 11.5 Å². The van der Waals surface area contributed by atoms with Gasteiger partial charge in [0, 0.05) is 0 Å². The van der Waals surface area contributed by atoms with E-state index < -0.39 is 23.7 Å². The standard InChI is InChI=1S/C8H9F2N3O2/c1-15-8(14)6-4(7(9)10)5(12)3(11)2-13-6/h2,7H,11H2,1H3,(H2,12,13). The van der Waals surface area contributed by atoms with Crippen LogP contribution in [0.15, 0.2) is 6.20 Å². The van der Waals surface area contributed by atoms with Gasteiger partial charge in [-0.25, -0.2) is 18.6 Å². The molecule has 15 heavy (non-hydrogen) atoms. The number of esters is 1. The van der Waals surface area contributed by atoms with Crippen molar-refractivity contribution < 1.29 is 18.3 Å². The number of carbonyl (C=O) groups excluding carboxylic acids is 1. The van der Waals surface area contributed by atoms with Gasteiger partial charge in [-0.3, -0.25) is 0 Å². The van der Waals surface area contributed by atoms with Gasteiger partial charge < -0.3 is 16.2 Å². The lowest BCUT2D eigenvalue weighted by molar-refractivity contribution is 0.0582. The number of methoxy groups -OCH3 is 1. The maximum Gasteiger partial charge on any atom is 0.357 e. The van der Waals surface area contributed by atoms with E-state index in [2.05, 4.69) is 9.72 Å². The van der Waals surface area contributed by atoms with Crippen LogP contribution in [0.3, 0.4) is 0 Å². The molecule has 0 atom stereocenters. The maximum atomic E-state index is 12.6. The van der Waals surface area contributed by atoms with Crippen LogP contribution in [-0.4, -0.2) is 18.1 Å². The zero-order chi connectivity index (χ0) is 11.6. The Labute approximate surface area is 84.0 Å². The Hall–Kier alpha value is -1.92.